The molecule has 0 radical (unpaired) electrons. The van der Waals surface area contributed by atoms with Crippen LogP contribution >= 0.6 is 0 Å². The Kier molecular flexibility index (Phi) is 3.46. The van der Waals surface area contributed by atoms with Crippen molar-refractivity contribution in [1.82, 2.24) is 0 Å². The molecule has 0 saturated carbocycles. The van der Waals surface area contributed by atoms with Crippen LogP contribution in [0.2, 0.25) is 0 Å². The van der Waals surface area contributed by atoms with Crippen LogP contribution in [0.3, 0.4) is 0 Å². The van der Waals surface area contributed by atoms with Gasteiger partial charge in [-0.3, -0.25) is 0 Å². The van der Waals surface area contributed by atoms with Crippen molar-refractivity contribution in [3.8, 4) is 0 Å². The number of hydrogen-bond acceptors (Lipinski definition) is 4. The van der Waals surface area contributed by atoms with Gasteiger partial charge in [-0.1, -0.05) is 0 Å². The number of aliphatic hydroxyl groups is 2. The van der Waals surface area contributed by atoms with E-state index in [0.29, 0.717) is 6.61 Å². The predicted molar refractivity (Wildman–Crippen MR) is 42.8 cm³/mol. The fourth-order valence-corrected chi connectivity index (χ4v) is 1.29. The van der Waals surface area contributed by atoms with Gasteiger partial charge in [0, 0.05) is 0 Å². The first-order valence-corrected chi connectivity index (χ1v) is 4.21. The van der Waals surface area contributed by atoms with Gasteiger partial charge in [-0.15, -0.1) is 0 Å². The molecule has 1 fully saturated rings. The highest BCUT2D eigenvalue weighted by Crippen LogP contribution is 2.17. The van der Waals surface area contributed by atoms with E-state index >= 15 is 0 Å². The topological polar surface area (TPSA) is 58.9 Å². The zero-order chi connectivity index (χ0) is 9.14. The Morgan fingerprint density at radius 1 is 1.58 bits per heavy atom. The summed E-state index contributed by atoms with van der Waals surface area (Å²) in [6, 6.07) is 0. The third-order valence-corrected chi connectivity index (χ3v) is 1.86. The standard InChI is InChI=1S/C8H16O4/c1-5(2)12-7-4-11-6(3-9)8(7)10/h5-10H,3-4H2,1-2H3/t6?,7-,8+/m0/s1. The second-order valence-corrected chi connectivity index (χ2v) is 3.27. The molecule has 72 valence electrons. The summed E-state index contributed by atoms with van der Waals surface area (Å²) >= 11 is 0. The molecule has 4 heteroatoms. The van der Waals surface area contributed by atoms with E-state index in [1.807, 2.05) is 13.8 Å². The lowest BCUT2D eigenvalue weighted by Crippen LogP contribution is -2.35. The molecule has 1 aliphatic heterocycles. The monoisotopic (exact) mass is 176 g/mol. The van der Waals surface area contributed by atoms with Gasteiger partial charge in [-0.05, 0) is 13.8 Å². The van der Waals surface area contributed by atoms with Crippen molar-refractivity contribution in [3.63, 3.8) is 0 Å². The summed E-state index contributed by atoms with van der Waals surface area (Å²) in [5.74, 6) is 0. The minimum Gasteiger partial charge on any atom is -0.394 e. The Bertz CT molecular complexity index is 137. The molecule has 0 aromatic rings. The van der Waals surface area contributed by atoms with Crippen LogP contribution in [0.15, 0.2) is 0 Å². The van der Waals surface area contributed by atoms with Crippen LogP contribution in [0.1, 0.15) is 13.8 Å². The SMILES string of the molecule is CC(C)O[C@H]1COC(CO)[C@H]1O. The van der Waals surface area contributed by atoms with Gasteiger partial charge in [-0.25, -0.2) is 0 Å². The zero-order valence-corrected chi connectivity index (χ0v) is 7.43. The molecule has 0 aliphatic carbocycles. The van der Waals surface area contributed by atoms with Crippen molar-refractivity contribution in [2.24, 2.45) is 0 Å². The maximum atomic E-state index is 9.49. The summed E-state index contributed by atoms with van der Waals surface area (Å²) in [6.45, 7) is 4.02. The van der Waals surface area contributed by atoms with Gasteiger partial charge in [-0.2, -0.15) is 0 Å². The molecule has 1 heterocycles. The van der Waals surface area contributed by atoms with E-state index in [-0.39, 0.29) is 18.8 Å². The lowest BCUT2D eigenvalue weighted by molar-refractivity contribution is -0.0505. The summed E-state index contributed by atoms with van der Waals surface area (Å²) in [7, 11) is 0. The average molecular weight is 176 g/mol. The molecule has 0 aromatic carbocycles. The minimum atomic E-state index is -0.697. The molecule has 4 nitrogen and oxygen atoms in total. The Morgan fingerprint density at radius 3 is 2.67 bits per heavy atom. The fourth-order valence-electron chi connectivity index (χ4n) is 1.29. The molecule has 0 bridgehead atoms. The Morgan fingerprint density at radius 2 is 2.25 bits per heavy atom. The molecule has 12 heavy (non-hydrogen) atoms. The molecule has 1 unspecified atom stereocenters. The highest BCUT2D eigenvalue weighted by molar-refractivity contribution is 4.84. The minimum absolute atomic E-state index is 0.0747. The van der Waals surface area contributed by atoms with Crippen LogP contribution in [0.4, 0.5) is 0 Å². The van der Waals surface area contributed by atoms with Crippen molar-refractivity contribution in [1.29, 1.82) is 0 Å². The summed E-state index contributed by atoms with van der Waals surface area (Å²) < 4.78 is 10.5. The van der Waals surface area contributed by atoms with Gasteiger partial charge in [0.25, 0.3) is 0 Å². The average Bonchev–Trinajstić information content (AvgIpc) is 2.32. The van der Waals surface area contributed by atoms with E-state index in [1.54, 1.807) is 0 Å². The first kappa shape index (κ1) is 9.92. The van der Waals surface area contributed by atoms with Crippen LogP contribution in [-0.4, -0.2) is 47.8 Å². The van der Waals surface area contributed by atoms with E-state index in [9.17, 15) is 5.11 Å². The van der Waals surface area contributed by atoms with Crippen molar-refractivity contribution in [3.05, 3.63) is 0 Å². The van der Waals surface area contributed by atoms with Crippen molar-refractivity contribution < 1.29 is 19.7 Å². The van der Waals surface area contributed by atoms with Crippen LogP contribution in [0.5, 0.6) is 0 Å². The molecular weight excluding hydrogens is 160 g/mol. The molecule has 2 N–H and O–H groups in total. The van der Waals surface area contributed by atoms with Gasteiger partial charge in [0.15, 0.2) is 0 Å². The number of hydrogen-bond donors (Lipinski definition) is 2. The van der Waals surface area contributed by atoms with Gasteiger partial charge >= 0.3 is 0 Å². The van der Waals surface area contributed by atoms with Gasteiger partial charge in [0.1, 0.15) is 18.3 Å². The fraction of sp³-hybridized carbons (Fsp3) is 1.00. The first-order valence-electron chi connectivity index (χ1n) is 4.21. The van der Waals surface area contributed by atoms with Gasteiger partial charge < -0.3 is 19.7 Å². The lowest BCUT2D eigenvalue weighted by Gasteiger charge is -2.18. The van der Waals surface area contributed by atoms with Gasteiger partial charge in [0.2, 0.25) is 0 Å². The van der Waals surface area contributed by atoms with Crippen LogP contribution in [0, 0.1) is 0 Å². The third kappa shape index (κ3) is 2.17. The molecule has 1 rings (SSSR count). The van der Waals surface area contributed by atoms with E-state index < -0.39 is 12.2 Å². The van der Waals surface area contributed by atoms with E-state index in [2.05, 4.69) is 0 Å². The van der Waals surface area contributed by atoms with Crippen molar-refractivity contribution in [2.75, 3.05) is 13.2 Å². The van der Waals surface area contributed by atoms with Crippen molar-refractivity contribution >= 4 is 0 Å². The van der Waals surface area contributed by atoms with Crippen LogP contribution < -0.4 is 0 Å². The number of rotatable bonds is 3. The van der Waals surface area contributed by atoms with E-state index in [0.717, 1.165) is 0 Å². The van der Waals surface area contributed by atoms with Crippen LogP contribution in [0.25, 0.3) is 0 Å². The molecule has 3 atom stereocenters. The van der Waals surface area contributed by atoms with E-state index in [1.165, 1.54) is 0 Å². The smallest absolute Gasteiger partial charge is 0.111 e. The molecule has 0 amide bonds. The number of aliphatic hydroxyl groups excluding tert-OH is 2. The Hall–Kier alpha value is -0.160. The van der Waals surface area contributed by atoms with Crippen molar-refractivity contribution in [2.45, 2.75) is 38.3 Å². The van der Waals surface area contributed by atoms with Crippen LogP contribution in [-0.2, 0) is 9.47 Å². The first-order chi connectivity index (χ1) is 5.65. The van der Waals surface area contributed by atoms with E-state index in [4.69, 9.17) is 14.6 Å². The summed E-state index contributed by atoms with van der Waals surface area (Å²) in [5, 5.41) is 18.2. The molecule has 0 aromatic heterocycles. The molecule has 1 aliphatic rings. The van der Waals surface area contributed by atoms with Gasteiger partial charge in [0.05, 0.1) is 19.3 Å². The maximum Gasteiger partial charge on any atom is 0.111 e. The predicted octanol–water partition coefficient (Wildman–Crippen LogP) is -0.468. The zero-order valence-electron chi connectivity index (χ0n) is 7.43. The Labute approximate surface area is 72.1 Å². The highest BCUT2D eigenvalue weighted by atomic mass is 16.6. The summed E-state index contributed by atoms with van der Waals surface area (Å²) in [4.78, 5) is 0. The molecule has 1 saturated heterocycles. The Balaban J connectivity index is 2.38. The normalized spacial score (nSPS) is 36.2. The molecular formula is C8H16O4. The quantitative estimate of drug-likeness (QED) is 0.610. The second kappa shape index (κ2) is 4.18. The largest absolute Gasteiger partial charge is 0.394 e. The second-order valence-electron chi connectivity index (χ2n) is 3.27. The lowest BCUT2D eigenvalue weighted by atomic mass is 10.1. The highest BCUT2D eigenvalue weighted by Gasteiger charge is 2.36. The third-order valence-electron chi connectivity index (χ3n) is 1.86. The summed E-state index contributed by atoms with van der Waals surface area (Å²) in [6.07, 6.45) is -1.39. The number of ether oxygens (including phenoxy) is 2. The summed E-state index contributed by atoms with van der Waals surface area (Å²) in [5.41, 5.74) is 0. The molecule has 0 spiro atoms. The maximum absolute atomic E-state index is 9.49.